The molecule has 0 aliphatic carbocycles. The zero-order chi connectivity index (χ0) is 9.68. The van der Waals surface area contributed by atoms with E-state index in [9.17, 15) is 4.79 Å². The minimum Gasteiger partial charge on any atom is -0.338 e. The van der Waals surface area contributed by atoms with Crippen LogP contribution in [-0.2, 0) is 6.54 Å². The number of anilines is 1. The van der Waals surface area contributed by atoms with Gasteiger partial charge in [0, 0.05) is 25.4 Å². The highest BCUT2D eigenvalue weighted by Crippen LogP contribution is 2.01. The molecule has 2 amide bonds. The summed E-state index contributed by atoms with van der Waals surface area (Å²) >= 11 is 0. The standard InChI is InChI=1S/C8H14N4O/c1-3-9-8(13)10-7-5-6-12(4-2)11-7/h5-6H,3-4H2,1-2H3,(H2,9,10,11,13). The summed E-state index contributed by atoms with van der Waals surface area (Å²) in [5.74, 6) is 0.577. The number of hydrogen-bond donors (Lipinski definition) is 2. The maximum absolute atomic E-state index is 11.0. The predicted octanol–water partition coefficient (Wildman–Crippen LogP) is 1.04. The molecular weight excluding hydrogens is 168 g/mol. The van der Waals surface area contributed by atoms with Gasteiger partial charge in [-0.1, -0.05) is 0 Å². The van der Waals surface area contributed by atoms with Crippen LogP contribution < -0.4 is 10.6 Å². The largest absolute Gasteiger partial charge is 0.338 e. The van der Waals surface area contributed by atoms with Crippen LogP contribution in [0.2, 0.25) is 0 Å². The van der Waals surface area contributed by atoms with Gasteiger partial charge in [-0.05, 0) is 13.8 Å². The molecule has 5 heteroatoms. The summed E-state index contributed by atoms with van der Waals surface area (Å²) in [5, 5.41) is 9.33. The van der Waals surface area contributed by atoms with Gasteiger partial charge in [0.05, 0.1) is 0 Å². The Morgan fingerprint density at radius 1 is 1.62 bits per heavy atom. The van der Waals surface area contributed by atoms with Gasteiger partial charge in [-0.15, -0.1) is 0 Å². The molecule has 0 aliphatic heterocycles. The summed E-state index contributed by atoms with van der Waals surface area (Å²) in [7, 11) is 0. The highest BCUT2D eigenvalue weighted by atomic mass is 16.2. The van der Waals surface area contributed by atoms with Crippen LogP contribution in [-0.4, -0.2) is 22.4 Å². The Labute approximate surface area is 77.1 Å². The summed E-state index contributed by atoms with van der Waals surface area (Å²) in [5.41, 5.74) is 0. The van der Waals surface area contributed by atoms with Crippen LogP contribution in [0.1, 0.15) is 13.8 Å². The lowest BCUT2D eigenvalue weighted by Gasteiger charge is -2.01. The van der Waals surface area contributed by atoms with Crippen LogP contribution in [0, 0.1) is 0 Å². The maximum atomic E-state index is 11.0. The number of carbonyl (C=O) groups is 1. The molecule has 0 saturated heterocycles. The number of hydrogen-bond acceptors (Lipinski definition) is 2. The molecule has 2 N–H and O–H groups in total. The normalized spacial score (nSPS) is 9.69. The van der Waals surface area contributed by atoms with Gasteiger partial charge in [0.2, 0.25) is 0 Å². The van der Waals surface area contributed by atoms with E-state index in [-0.39, 0.29) is 6.03 Å². The summed E-state index contributed by atoms with van der Waals surface area (Å²) in [6.45, 7) is 5.27. The Balaban J connectivity index is 2.49. The first kappa shape index (κ1) is 9.57. The molecule has 0 fully saturated rings. The first-order valence-corrected chi connectivity index (χ1v) is 4.34. The van der Waals surface area contributed by atoms with Crippen molar-refractivity contribution in [2.45, 2.75) is 20.4 Å². The Morgan fingerprint density at radius 2 is 2.38 bits per heavy atom. The summed E-state index contributed by atoms with van der Waals surface area (Å²) < 4.78 is 1.75. The van der Waals surface area contributed by atoms with Gasteiger partial charge in [-0.25, -0.2) is 4.79 Å². The average Bonchev–Trinajstić information content (AvgIpc) is 2.52. The lowest BCUT2D eigenvalue weighted by molar-refractivity contribution is 0.252. The molecule has 1 aromatic heterocycles. The molecule has 5 nitrogen and oxygen atoms in total. The van der Waals surface area contributed by atoms with Gasteiger partial charge < -0.3 is 5.32 Å². The number of aromatic nitrogens is 2. The zero-order valence-electron chi connectivity index (χ0n) is 7.87. The molecule has 0 radical (unpaired) electrons. The molecular formula is C8H14N4O. The molecule has 1 heterocycles. The fourth-order valence-electron chi connectivity index (χ4n) is 0.926. The van der Waals surface area contributed by atoms with Crippen LogP contribution in [0.3, 0.4) is 0 Å². The Hall–Kier alpha value is -1.52. The van der Waals surface area contributed by atoms with E-state index in [0.717, 1.165) is 6.54 Å². The van der Waals surface area contributed by atoms with E-state index >= 15 is 0 Å². The third kappa shape index (κ3) is 2.77. The van der Waals surface area contributed by atoms with Crippen molar-refractivity contribution in [1.82, 2.24) is 15.1 Å². The Bertz CT molecular complexity index is 281. The van der Waals surface area contributed by atoms with Gasteiger partial charge >= 0.3 is 6.03 Å². The highest BCUT2D eigenvalue weighted by Gasteiger charge is 2.01. The van der Waals surface area contributed by atoms with Crippen molar-refractivity contribution in [1.29, 1.82) is 0 Å². The van der Waals surface area contributed by atoms with Crippen molar-refractivity contribution in [2.24, 2.45) is 0 Å². The molecule has 0 unspecified atom stereocenters. The number of urea groups is 1. The SMILES string of the molecule is CCNC(=O)Nc1ccn(CC)n1. The third-order valence-electron chi connectivity index (χ3n) is 1.54. The molecule has 0 aliphatic rings. The van der Waals surface area contributed by atoms with Crippen LogP contribution in [0.5, 0.6) is 0 Å². The summed E-state index contributed by atoms with van der Waals surface area (Å²) in [6.07, 6.45) is 1.82. The molecule has 13 heavy (non-hydrogen) atoms. The lowest BCUT2D eigenvalue weighted by Crippen LogP contribution is -2.28. The van der Waals surface area contributed by atoms with Crippen LogP contribution in [0.15, 0.2) is 12.3 Å². The number of nitrogens with one attached hydrogen (secondary N) is 2. The highest BCUT2D eigenvalue weighted by molar-refractivity contribution is 5.87. The molecule has 72 valence electrons. The van der Waals surface area contributed by atoms with E-state index in [4.69, 9.17) is 0 Å². The minimum atomic E-state index is -0.219. The second-order valence-electron chi connectivity index (χ2n) is 2.54. The fraction of sp³-hybridized carbons (Fsp3) is 0.500. The average molecular weight is 182 g/mol. The maximum Gasteiger partial charge on any atom is 0.320 e. The molecule has 1 rings (SSSR count). The molecule has 0 bridgehead atoms. The van der Waals surface area contributed by atoms with Crippen LogP contribution in [0.4, 0.5) is 10.6 Å². The first-order chi connectivity index (χ1) is 6.26. The Kier molecular flexibility index (Phi) is 3.31. The Morgan fingerprint density at radius 3 is 2.92 bits per heavy atom. The fourth-order valence-corrected chi connectivity index (χ4v) is 0.926. The van der Waals surface area contributed by atoms with Crippen molar-refractivity contribution in [3.05, 3.63) is 12.3 Å². The van der Waals surface area contributed by atoms with Crippen molar-refractivity contribution in [2.75, 3.05) is 11.9 Å². The number of rotatable bonds is 3. The number of carbonyl (C=O) groups excluding carboxylic acids is 1. The van der Waals surface area contributed by atoms with E-state index in [1.54, 1.807) is 10.7 Å². The van der Waals surface area contributed by atoms with Crippen LogP contribution >= 0.6 is 0 Å². The topological polar surface area (TPSA) is 59.0 Å². The molecule has 1 aromatic rings. The van der Waals surface area contributed by atoms with Gasteiger partial charge in [-0.2, -0.15) is 5.10 Å². The van der Waals surface area contributed by atoms with E-state index in [0.29, 0.717) is 12.4 Å². The molecule has 0 saturated carbocycles. The van der Waals surface area contributed by atoms with Gasteiger partial charge in [0.1, 0.15) is 0 Å². The second kappa shape index (κ2) is 4.49. The monoisotopic (exact) mass is 182 g/mol. The number of aryl methyl sites for hydroxylation is 1. The first-order valence-electron chi connectivity index (χ1n) is 4.34. The van der Waals surface area contributed by atoms with Crippen molar-refractivity contribution in [3.63, 3.8) is 0 Å². The van der Waals surface area contributed by atoms with Crippen molar-refractivity contribution < 1.29 is 4.79 Å². The molecule has 0 aromatic carbocycles. The molecule has 0 spiro atoms. The smallest absolute Gasteiger partial charge is 0.320 e. The summed E-state index contributed by atoms with van der Waals surface area (Å²) in [4.78, 5) is 11.0. The zero-order valence-corrected chi connectivity index (χ0v) is 7.87. The van der Waals surface area contributed by atoms with Gasteiger partial charge in [-0.3, -0.25) is 10.00 Å². The van der Waals surface area contributed by atoms with Gasteiger partial charge in [0.15, 0.2) is 5.82 Å². The number of nitrogens with zero attached hydrogens (tertiary/aromatic N) is 2. The lowest BCUT2D eigenvalue weighted by atomic mass is 10.6. The van der Waals surface area contributed by atoms with E-state index < -0.39 is 0 Å². The molecule has 0 atom stereocenters. The van der Waals surface area contributed by atoms with Crippen molar-refractivity contribution >= 4 is 11.8 Å². The summed E-state index contributed by atoms with van der Waals surface area (Å²) in [6, 6.07) is 1.54. The second-order valence-corrected chi connectivity index (χ2v) is 2.54. The minimum absolute atomic E-state index is 0.219. The number of amides is 2. The van der Waals surface area contributed by atoms with E-state index in [2.05, 4.69) is 15.7 Å². The quantitative estimate of drug-likeness (QED) is 0.733. The van der Waals surface area contributed by atoms with Crippen LogP contribution in [0.25, 0.3) is 0 Å². The predicted molar refractivity (Wildman–Crippen MR) is 50.6 cm³/mol. The van der Waals surface area contributed by atoms with Crippen molar-refractivity contribution in [3.8, 4) is 0 Å². The van der Waals surface area contributed by atoms with E-state index in [1.807, 2.05) is 20.0 Å². The third-order valence-corrected chi connectivity index (χ3v) is 1.54. The van der Waals surface area contributed by atoms with E-state index in [1.165, 1.54) is 0 Å². The van der Waals surface area contributed by atoms with Gasteiger partial charge in [0.25, 0.3) is 0 Å².